The zero-order valence-electron chi connectivity index (χ0n) is 67.9. The van der Waals surface area contributed by atoms with Gasteiger partial charge in [0.25, 0.3) is 11.8 Å². The summed E-state index contributed by atoms with van der Waals surface area (Å²) in [5.74, 6) is -7.54. The van der Waals surface area contributed by atoms with E-state index in [1.54, 1.807) is 0 Å². The second kappa shape index (κ2) is 43.8. The number of carbonyl (C=O) groups excluding carboxylic acids is 8. The van der Waals surface area contributed by atoms with Crippen LogP contribution in [0.2, 0.25) is 0 Å². The molecule has 0 radical (unpaired) electrons. The summed E-state index contributed by atoms with van der Waals surface area (Å²) in [7, 11) is 0. The summed E-state index contributed by atoms with van der Waals surface area (Å²) < 4.78 is 136. The molecule has 7 aromatic rings. The molecule has 29 nitrogen and oxygen atoms in total. The first-order valence-electron chi connectivity index (χ1n) is 39.7. The van der Waals surface area contributed by atoms with Gasteiger partial charge < -0.3 is 94.7 Å². The molecule has 120 heavy (non-hydrogen) atoms. The first-order chi connectivity index (χ1) is 58.1. The molecule has 29 heteroatoms. The second-order valence-electron chi connectivity index (χ2n) is 29.4. The Balaban J connectivity index is 1.07. The maximum Gasteiger partial charge on any atom is 0.303 e. The molecule has 5 heterocycles. The molecule has 0 N–H and O–H groups in total. The van der Waals surface area contributed by atoms with Crippen LogP contribution in [0.4, 0.5) is 0 Å². The van der Waals surface area contributed by atoms with Gasteiger partial charge >= 0.3 is 35.8 Å². The van der Waals surface area contributed by atoms with Gasteiger partial charge in [0.15, 0.2) is 49.6 Å². The van der Waals surface area contributed by atoms with Gasteiger partial charge in [0.1, 0.15) is 86.4 Å². The number of benzene rings is 7. The number of imide groups is 1. The highest BCUT2D eigenvalue weighted by Gasteiger charge is 2.63. The Kier molecular flexibility index (Phi) is 32.4. The van der Waals surface area contributed by atoms with Crippen molar-refractivity contribution in [3.63, 3.8) is 0 Å². The lowest BCUT2D eigenvalue weighted by atomic mass is 9.92. The van der Waals surface area contributed by atoms with E-state index in [4.69, 9.17) is 94.7 Å². The molecule has 2 amide bonds. The van der Waals surface area contributed by atoms with Crippen molar-refractivity contribution in [2.75, 3.05) is 26.4 Å². The summed E-state index contributed by atoms with van der Waals surface area (Å²) in [4.78, 5) is 112. The third kappa shape index (κ3) is 24.3. The summed E-state index contributed by atoms with van der Waals surface area (Å²) in [6, 6.07) is 63.8. The van der Waals surface area contributed by atoms with Gasteiger partial charge in [0.05, 0.1) is 59.5 Å². The number of hydrogen-bond acceptors (Lipinski definition) is 28. The van der Waals surface area contributed by atoms with Crippen LogP contribution in [0.15, 0.2) is 223 Å². The Labute approximate surface area is 695 Å². The fraction of sp³-hybridized carbons (Fsp3) is 0.429. The molecule has 0 saturated carbocycles. The molecule has 638 valence electrons. The normalized spacial score (nSPS) is 27.4. The Morgan fingerprint density at radius 1 is 0.275 bits per heavy atom. The zero-order chi connectivity index (χ0) is 84.6. The monoisotopic (exact) mass is 1660 g/mol. The molecule has 0 aliphatic carbocycles. The number of hydrogen-bond donors (Lipinski definition) is 0. The topological polar surface area (TPSA) is 324 Å². The van der Waals surface area contributed by atoms with Gasteiger partial charge in [-0.3, -0.25) is 43.3 Å². The van der Waals surface area contributed by atoms with Crippen molar-refractivity contribution in [2.24, 2.45) is 0 Å². The number of esters is 6. The highest BCUT2D eigenvalue weighted by Crippen LogP contribution is 2.43. The van der Waals surface area contributed by atoms with Gasteiger partial charge in [-0.05, 0) is 52.8 Å². The Hall–Kier alpha value is -10.3. The smallest absolute Gasteiger partial charge is 0.303 e. The van der Waals surface area contributed by atoms with Crippen LogP contribution >= 0.6 is 0 Å². The zero-order valence-corrected chi connectivity index (χ0v) is 67.9. The second-order valence-corrected chi connectivity index (χ2v) is 29.4. The van der Waals surface area contributed by atoms with E-state index in [2.05, 4.69) is 0 Å². The van der Waals surface area contributed by atoms with E-state index in [0.717, 1.165) is 74.3 Å². The van der Waals surface area contributed by atoms with E-state index in [1.165, 1.54) is 13.8 Å². The average Bonchev–Trinajstić information content (AvgIpc) is 1.63. The fourth-order valence-corrected chi connectivity index (χ4v) is 14.8. The molecular weight excluding hydrogens is 1550 g/mol. The first kappa shape index (κ1) is 89.0. The minimum atomic E-state index is -2.13. The minimum Gasteiger partial charge on any atom is -0.463 e. The van der Waals surface area contributed by atoms with Crippen LogP contribution in [0.3, 0.4) is 0 Å². The van der Waals surface area contributed by atoms with Crippen molar-refractivity contribution in [3.05, 3.63) is 262 Å². The SMILES string of the molecule is CC(=O)OC[C@H]1O[C@@H](O[C@H]2[C@H](OC(C)=O)[C@@H](COC(C)=O)O[C@@H](O[C@H]3[C@@H](OCc4ccccc4)[C@@H](COCc4ccccc4)O[C@@H](O[C@H]4[C@H](OCc5ccccc5)[C@@H](OCc5ccccc5)[C@H](OCc5ccccc5)O[C@@H]4COCc4ccccc4)[C@@H]3OCc3ccccc3)[C@@H]2N2C(=O)C(C)=C(C)C2=O)[C@H](OC(C)=O)[C@@H](OC(C)=O)[C@H]1OC(C)=O. The van der Waals surface area contributed by atoms with Crippen molar-refractivity contribution in [2.45, 2.75) is 224 Å². The summed E-state index contributed by atoms with van der Waals surface area (Å²) in [5, 5.41) is 0. The van der Waals surface area contributed by atoms with E-state index >= 15 is 9.59 Å². The van der Waals surface area contributed by atoms with Crippen LogP contribution in [-0.2, 0) is 179 Å². The van der Waals surface area contributed by atoms with Crippen molar-refractivity contribution in [1.29, 1.82) is 0 Å². The van der Waals surface area contributed by atoms with Crippen LogP contribution in [0.5, 0.6) is 0 Å². The molecule has 0 bridgehead atoms. The minimum absolute atomic E-state index is 0.0120. The van der Waals surface area contributed by atoms with E-state index in [1.807, 2.05) is 212 Å². The standard InChI is InChI=1S/C91H101NO28/c1-55-56(2)87(100)92(86(55)99)74-79(119-91-85(113-62(8)98)82(112-61(7)97)78(111-60(6)96)73(117-91)54-104-58(4)94)76(110-59(5)95)72(53-103-57(3)93)114-88(74)120-81-75(105-46-65-34-20-11-21-35-65)70(51-101-44-63-30-16-9-17-31-63)116-90(84(81)108-49-68-40-26-14-27-41-68)118-77-71(52-102-45-64-32-18-10-19-33-64)115-89(109-50-69-42-28-15-29-43-69)83(107-48-67-38-24-13-25-39-67)80(77)106-47-66-36-22-12-23-37-66/h9-43,70-85,88-91H,44-54H2,1-8H3/t70-,71-,72-,73-,74-,75+,76-,77-,78+,79-,80+,81+,82+,83-,84-,85-,88+,89-,90+,91+/m1/s1. The summed E-state index contributed by atoms with van der Waals surface area (Å²) in [5.41, 5.74) is 5.22. The third-order valence-electron chi connectivity index (χ3n) is 20.5. The molecule has 0 aromatic heterocycles. The fourth-order valence-electron chi connectivity index (χ4n) is 14.8. The van der Waals surface area contributed by atoms with Crippen LogP contribution in [-0.4, -0.2) is 202 Å². The van der Waals surface area contributed by atoms with Crippen LogP contribution in [0.1, 0.15) is 94.3 Å². The Morgan fingerprint density at radius 2 is 0.558 bits per heavy atom. The number of ether oxygens (including phenoxy) is 20. The molecular formula is C91H101NO28. The Bertz CT molecular complexity index is 4470. The van der Waals surface area contributed by atoms with Gasteiger partial charge in [-0.15, -0.1) is 0 Å². The lowest BCUT2D eigenvalue weighted by Crippen LogP contribution is -2.72. The average molecular weight is 1660 g/mol. The maximum atomic E-state index is 15.6. The van der Waals surface area contributed by atoms with Crippen LogP contribution in [0.25, 0.3) is 0 Å². The van der Waals surface area contributed by atoms with Crippen molar-refractivity contribution in [1.82, 2.24) is 4.90 Å². The first-order valence-corrected chi connectivity index (χ1v) is 39.7. The van der Waals surface area contributed by atoms with Crippen molar-refractivity contribution >= 4 is 47.6 Å². The van der Waals surface area contributed by atoms with Gasteiger partial charge in [0, 0.05) is 52.7 Å². The van der Waals surface area contributed by atoms with E-state index in [0.29, 0.717) is 11.1 Å². The maximum absolute atomic E-state index is 15.6. The molecule has 7 aromatic carbocycles. The van der Waals surface area contributed by atoms with Crippen molar-refractivity contribution in [3.8, 4) is 0 Å². The highest BCUT2D eigenvalue weighted by molar-refractivity contribution is 6.19. The van der Waals surface area contributed by atoms with Crippen LogP contribution < -0.4 is 0 Å². The summed E-state index contributed by atoms with van der Waals surface area (Å²) >= 11 is 0. The number of carbonyl (C=O) groups is 8. The van der Waals surface area contributed by atoms with Gasteiger partial charge in [0.2, 0.25) is 0 Å². The molecule has 5 aliphatic heterocycles. The molecule has 5 aliphatic rings. The van der Waals surface area contributed by atoms with Crippen molar-refractivity contribution < 1.29 is 133 Å². The molecule has 4 fully saturated rings. The van der Waals surface area contributed by atoms with E-state index < -0.39 is 184 Å². The third-order valence-corrected chi connectivity index (χ3v) is 20.5. The van der Waals surface area contributed by atoms with E-state index in [9.17, 15) is 28.8 Å². The van der Waals surface area contributed by atoms with Crippen LogP contribution in [0, 0.1) is 0 Å². The quantitative estimate of drug-likeness (QED) is 0.0197. The van der Waals surface area contributed by atoms with E-state index in [-0.39, 0.29) is 70.6 Å². The van der Waals surface area contributed by atoms with Gasteiger partial charge in [-0.25, -0.2) is 0 Å². The Morgan fingerprint density at radius 3 is 0.950 bits per heavy atom. The van der Waals surface area contributed by atoms with Gasteiger partial charge in [-0.2, -0.15) is 0 Å². The highest BCUT2D eigenvalue weighted by atomic mass is 16.8. The predicted molar refractivity (Wildman–Crippen MR) is 422 cm³/mol. The number of nitrogens with zero attached hydrogens (tertiary/aromatic N) is 1. The molecule has 0 spiro atoms. The molecule has 0 unspecified atom stereocenters. The molecule has 12 rings (SSSR count). The predicted octanol–water partition coefficient (Wildman–Crippen LogP) is 9.96. The molecule has 20 atom stereocenters. The molecule has 4 saturated heterocycles. The summed E-state index contributed by atoms with van der Waals surface area (Å²) in [6.45, 7) is 7.02. The van der Waals surface area contributed by atoms with Gasteiger partial charge in [-0.1, -0.05) is 212 Å². The number of amides is 2. The number of rotatable bonds is 38. The lowest BCUT2D eigenvalue weighted by molar-refractivity contribution is -0.394. The largest absolute Gasteiger partial charge is 0.463 e. The lowest BCUT2D eigenvalue weighted by Gasteiger charge is -2.53. The summed E-state index contributed by atoms with van der Waals surface area (Å²) in [6.07, 6.45) is -30.9.